The summed E-state index contributed by atoms with van der Waals surface area (Å²) < 4.78 is 33.2. The van der Waals surface area contributed by atoms with Crippen molar-refractivity contribution in [3.05, 3.63) is 0 Å². The molecule has 68 heavy (non-hydrogen) atoms. The molecule has 12 heteroatoms. The second-order valence-electron chi connectivity index (χ2n) is 21.1. The van der Waals surface area contributed by atoms with Gasteiger partial charge in [0.1, 0.15) is 18.8 Å². The summed E-state index contributed by atoms with van der Waals surface area (Å²) in [6.07, 6.45) is 37.8. The van der Waals surface area contributed by atoms with Crippen molar-refractivity contribution in [2.75, 3.05) is 52.7 Å². The van der Waals surface area contributed by atoms with Crippen LogP contribution in [-0.2, 0) is 38.0 Å². The molecule has 0 bridgehead atoms. The highest BCUT2D eigenvalue weighted by Gasteiger charge is 2.25. The monoisotopic (exact) mass is 969 g/mol. The number of nitrogens with one attached hydrogen (secondary N) is 2. The van der Waals surface area contributed by atoms with Gasteiger partial charge in [0.05, 0.1) is 26.4 Å². The van der Waals surface area contributed by atoms with Crippen LogP contribution >= 0.6 is 0 Å². The van der Waals surface area contributed by atoms with E-state index < -0.39 is 23.9 Å². The molecule has 0 rings (SSSR count). The van der Waals surface area contributed by atoms with Crippen molar-refractivity contribution in [1.82, 2.24) is 10.6 Å². The molecule has 0 aromatic heterocycles. The SMILES string of the molecule is CCCCCCCCCCCCCCCCCC(=O)OCC(COC(=O)NCCOCCOCCNC(=O)OC(C)(C)CCC(C)(C)C)OC(=O)CCCCCCCCCCCCCCCCC. The van der Waals surface area contributed by atoms with Crippen LogP contribution in [0.5, 0.6) is 0 Å². The Kier molecular flexibility index (Phi) is 45.0. The van der Waals surface area contributed by atoms with Crippen LogP contribution in [0.15, 0.2) is 0 Å². The zero-order valence-corrected chi connectivity index (χ0v) is 45.4. The van der Waals surface area contributed by atoms with Gasteiger partial charge in [-0.2, -0.15) is 0 Å². The zero-order chi connectivity index (χ0) is 50.2. The number of carbonyl (C=O) groups is 4. The van der Waals surface area contributed by atoms with Crippen molar-refractivity contribution in [2.45, 2.75) is 278 Å². The minimum Gasteiger partial charge on any atom is -0.462 e. The van der Waals surface area contributed by atoms with Crippen LogP contribution in [0.1, 0.15) is 267 Å². The molecule has 0 fully saturated rings. The molecule has 0 aromatic carbocycles. The van der Waals surface area contributed by atoms with Crippen molar-refractivity contribution in [1.29, 1.82) is 0 Å². The Balaban J connectivity index is 4.42. The van der Waals surface area contributed by atoms with E-state index in [0.717, 1.165) is 51.4 Å². The van der Waals surface area contributed by atoms with Gasteiger partial charge in [-0.05, 0) is 44.9 Å². The van der Waals surface area contributed by atoms with Gasteiger partial charge in [0.2, 0.25) is 0 Å². The van der Waals surface area contributed by atoms with Gasteiger partial charge in [0, 0.05) is 25.9 Å². The molecule has 1 atom stereocenters. The average molecular weight is 969 g/mol. The normalized spacial score (nSPS) is 12.2. The minimum absolute atomic E-state index is 0.162. The second-order valence-corrected chi connectivity index (χ2v) is 21.1. The highest BCUT2D eigenvalue weighted by Crippen LogP contribution is 2.27. The second kappa shape index (κ2) is 46.8. The van der Waals surface area contributed by atoms with E-state index in [2.05, 4.69) is 45.3 Å². The van der Waals surface area contributed by atoms with Crippen LogP contribution in [0.25, 0.3) is 0 Å². The molecule has 0 saturated carbocycles. The van der Waals surface area contributed by atoms with Gasteiger partial charge in [0.25, 0.3) is 0 Å². The van der Waals surface area contributed by atoms with Gasteiger partial charge >= 0.3 is 24.1 Å². The van der Waals surface area contributed by atoms with Crippen LogP contribution in [-0.4, -0.2) is 88.6 Å². The summed E-state index contributed by atoms with van der Waals surface area (Å²) in [6.45, 7) is 16.2. The summed E-state index contributed by atoms with van der Waals surface area (Å²) in [5.74, 6) is -0.715. The van der Waals surface area contributed by atoms with Crippen molar-refractivity contribution < 1.29 is 47.6 Å². The minimum atomic E-state index is -0.890. The summed E-state index contributed by atoms with van der Waals surface area (Å²) in [6, 6.07) is 0. The Morgan fingerprint density at radius 2 is 0.765 bits per heavy atom. The standard InChI is InChI=1S/C56H108N2O10/c1-8-10-12-14-16-18-20-22-24-26-28-30-32-34-36-38-51(59)65-48-50(67-52(60)39-37-35-33-31-29-27-25-23-21-19-17-15-13-11-9-2)49-66-53(61)57-42-44-63-46-47-64-45-43-58-54(62)68-56(6,7)41-40-55(3,4)5/h50H,8-49H2,1-7H3,(H,57,61)(H,58,62). The van der Waals surface area contributed by atoms with E-state index in [1.165, 1.54) is 154 Å². The number of esters is 2. The molecule has 0 aliphatic rings. The van der Waals surface area contributed by atoms with Gasteiger partial charge in [0.15, 0.2) is 6.10 Å². The van der Waals surface area contributed by atoms with E-state index in [4.69, 9.17) is 28.4 Å². The van der Waals surface area contributed by atoms with E-state index in [-0.39, 0.29) is 50.1 Å². The zero-order valence-electron chi connectivity index (χ0n) is 45.4. The van der Waals surface area contributed by atoms with Crippen LogP contribution in [0.3, 0.4) is 0 Å². The Labute approximate surface area is 417 Å². The number of rotatable bonds is 49. The molecule has 0 aliphatic carbocycles. The van der Waals surface area contributed by atoms with Gasteiger partial charge in [-0.15, -0.1) is 0 Å². The van der Waals surface area contributed by atoms with E-state index in [0.29, 0.717) is 32.8 Å². The smallest absolute Gasteiger partial charge is 0.407 e. The molecule has 0 aliphatic heterocycles. The van der Waals surface area contributed by atoms with Crippen molar-refractivity contribution >= 4 is 24.1 Å². The first-order valence-electron chi connectivity index (χ1n) is 28.2. The number of ether oxygens (including phenoxy) is 6. The summed E-state index contributed by atoms with van der Waals surface area (Å²) in [5.41, 5.74) is -0.381. The maximum atomic E-state index is 12.8. The lowest BCUT2D eigenvalue weighted by atomic mass is 9.86. The first-order chi connectivity index (χ1) is 32.8. The van der Waals surface area contributed by atoms with Crippen molar-refractivity contribution in [2.24, 2.45) is 5.41 Å². The third-order valence-electron chi connectivity index (χ3n) is 12.3. The fraction of sp³-hybridized carbons (Fsp3) is 0.929. The van der Waals surface area contributed by atoms with Gasteiger partial charge in [-0.1, -0.05) is 214 Å². The molecule has 0 spiro atoms. The molecule has 2 N–H and O–H groups in total. The molecule has 0 radical (unpaired) electrons. The van der Waals surface area contributed by atoms with Gasteiger partial charge < -0.3 is 39.1 Å². The predicted octanol–water partition coefficient (Wildman–Crippen LogP) is 15.1. The highest BCUT2D eigenvalue weighted by molar-refractivity contribution is 5.70. The van der Waals surface area contributed by atoms with Crippen molar-refractivity contribution in [3.63, 3.8) is 0 Å². The molecule has 0 aromatic rings. The molecule has 1 unspecified atom stereocenters. The lowest BCUT2D eigenvalue weighted by molar-refractivity contribution is -0.161. The molecular weight excluding hydrogens is 861 g/mol. The van der Waals surface area contributed by atoms with Gasteiger partial charge in [-0.3, -0.25) is 9.59 Å². The molecule has 0 heterocycles. The van der Waals surface area contributed by atoms with E-state index in [9.17, 15) is 19.2 Å². The Hall–Kier alpha value is -2.60. The topological polar surface area (TPSA) is 148 Å². The lowest BCUT2D eigenvalue weighted by Crippen LogP contribution is -2.36. The fourth-order valence-corrected chi connectivity index (χ4v) is 7.91. The highest BCUT2D eigenvalue weighted by atomic mass is 16.6. The van der Waals surface area contributed by atoms with Crippen LogP contribution in [0.2, 0.25) is 0 Å². The Morgan fingerprint density at radius 3 is 1.16 bits per heavy atom. The first-order valence-corrected chi connectivity index (χ1v) is 28.2. The molecule has 402 valence electrons. The lowest BCUT2D eigenvalue weighted by Gasteiger charge is -2.29. The van der Waals surface area contributed by atoms with Crippen LogP contribution in [0.4, 0.5) is 9.59 Å². The third kappa shape index (κ3) is 49.8. The summed E-state index contributed by atoms with van der Waals surface area (Å²) in [5, 5.41) is 5.35. The number of unbranched alkanes of at least 4 members (excludes halogenated alkanes) is 28. The van der Waals surface area contributed by atoms with Crippen LogP contribution in [0, 0.1) is 5.41 Å². The van der Waals surface area contributed by atoms with E-state index in [1.54, 1.807) is 0 Å². The number of alkyl carbamates (subject to hydrolysis) is 2. The Morgan fingerprint density at radius 1 is 0.412 bits per heavy atom. The molecule has 2 amide bonds. The predicted molar refractivity (Wildman–Crippen MR) is 278 cm³/mol. The van der Waals surface area contributed by atoms with Gasteiger partial charge in [-0.25, -0.2) is 9.59 Å². The third-order valence-corrected chi connectivity index (χ3v) is 12.3. The van der Waals surface area contributed by atoms with E-state index in [1.807, 2.05) is 13.8 Å². The Bertz CT molecular complexity index is 1180. The quantitative estimate of drug-likeness (QED) is 0.0343. The maximum absolute atomic E-state index is 12.8. The maximum Gasteiger partial charge on any atom is 0.407 e. The largest absolute Gasteiger partial charge is 0.462 e. The molecule has 12 nitrogen and oxygen atoms in total. The number of hydrogen-bond acceptors (Lipinski definition) is 10. The van der Waals surface area contributed by atoms with E-state index >= 15 is 0 Å². The summed E-state index contributed by atoms with van der Waals surface area (Å²) in [4.78, 5) is 50.1. The summed E-state index contributed by atoms with van der Waals surface area (Å²) in [7, 11) is 0. The fourth-order valence-electron chi connectivity index (χ4n) is 7.91. The molecular formula is C56H108N2O10. The number of carbonyl (C=O) groups excluding carboxylic acids is 4. The average Bonchev–Trinajstić information content (AvgIpc) is 3.29. The van der Waals surface area contributed by atoms with Crippen LogP contribution < -0.4 is 10.6 Å². The summed E-state index contributed by atoms with van der Waals surface area (Å²) >= 11 is 0. The van der Waals surface area contributed by atoms with Crippen molar-refractivity contribution in [3.8, 4) is 0 Å². The molecule has 0 saturated heterocycles. The number of hydrogen-bond donors (Lipinski definition) is 2. The first kappa shape index (κ1) is 65.4. The number of amides is 2.